The van der Waals surface area contributed by atoms with E-state index in [9.17, 15) is 9.59 Å². The number of rotatable bonds is 9. The van der Waals surface area contributed by atoms with Gasteiger partial charge in [-0.3, -0.25) is 18.9 Å². The Kier molecular flexibility index (Phi) is 9.12. The Labute approximate surface area is 227 Å². The van der Waals surface area contributed by atoms with Crippen LogP contribution in [-0.4, -0.2) is 59.5 Å². The van der Waals surface area contributed by atoms with Gasteiger partial charge in [-0.05, 0) is 48.9 Å². The zero-order valence-electron chi connectivity index (χ0n) is 21.2. The molecule has 1 fully saturated rings. The van der Waals surface area contributed by atoms with Crippen molar-refractivity contribution in [3.8, 4) is 11.6 Å². The van der Waals surface area contributed by atoms with E-state index in [1.165, 1.54) is 4.40 Å². The number of nitrogens with zero attached hydrogens (tertiary/aromatic N) is 3. The minimum absolute atomic E-state index is 0. The Morgan fingerprint density at radius 2 is 1.63 bits per heavy atom. The second kappa shape index (κ2) is 12.7. The molecule has 0 spiro atoms. The maximum Gasteiger partial charge on any atom is 0.264 e. The van der Waals surface area contributed by atoms with Crippen molar-refractivity contribution in [1.82, 2.24) is 14.3 Å². The van der Waals surface area contributed by atoms with Crippen LogP contribution >= 0.6 is 12.4 Å². The van der Waals surface area contributed by atoms with Crippen LogP contribution in [0.2, 0.25) is 0 Å². The maximum absolute atomic E-state index is 12.9. The van der Waals surface area contributed by atoms with Crippen LogP contribution in [0.25, 0.3) is 5.65 Å². The van der Waals surface area contributed by atoms with Gasteiger partial charge in [0, 0.05) is 37.0 Å². The van der Waals surface area contributed by atoms with E-state index in [0.717, 1.165) is 44.2 Å². The van der Waals surface area contributed by atoms with Crippen molar-refractivity contribution in [1.29, 1.82) is 0 Å². The Morgan fingerprint density at radius 1 is 0.947 bits per heavy atom. The molecule has 1 saturated heterocycles. The zero-order valence-corrected chi connectivity index (χ0v) is 22.0. The van der Waals surface area contributed by atoms with Gasteiger partial charge in [0.25, 0.3) is 5.56 Å². The lowest BCUT2D eigenvalue weighted by Gasteiger charge is -2.26. The van der Waals surface area contributed by atoms with E-state index in [-0.39, 0.29) is 30.4 Å². The number of benzene rings is 2. The summed E-state index contributed by atoms with van der Waals surface area (Å²) in [4.78, 5) is 32.3. The second-order valence-electron chi connectivity index (χ2n) is 8.92. The highest BCUT2D eigenvalue weighted by Crippen LogP contribution is 2.18. The van der Waals surface area contributed by atoms with Crippen LogP contribution in [0.3, 0.4) is 0 Å². The number of ether oxygens (including phenoxy) is 3. The number of halogens is 1. The second-order valence-corrected chi connectivity index (χ2v) is 8.92. The summed E-state index contributed by atoms with van der Waals surface area (Å²) in [5.74, 6) is 0.991. The number of hydrogen-bond acceptors (Lipinski definition) is 7. The quantitative estimate of drug-likeness (QED) is 0.300. The first-order valence-corrected chi connectivity index (χ1v) is 12.4. The average molecular weight is 536 g/mol. The third kappa shape index (κ3) is 6.39. The smallest absolute Gasteiger partial charge is 0.264 e. The van der Waals surface area contributed by atoms with Gasteiger partial charge in [0.1, 0.15) is 24.6 Å². The normalized spacial score (nSPS) is 13.6. The number of morpholine rings is 1. The molecule has 1 aliphatic rings. The molecule has 198 valence electrons. The Balaban J connectivity index is 0.00000336. The molecule has 1 aliphatic heterocycles. The van der Waals surface area contributed by atoms with E-state index in [1.807, 2.05) is 30.3 Å². The highest BCUT2D eigenvalue weighted by molar-refractivity contribution is 6.09. The van der Waals surface area contributed by atoms with E-state index in [1.54, 1.807) is 49.5 Å². The van der Waals surface area contributed by atoms with E-state index in [0.29, 0.717) is 34.8 Å². The zero-order chi connectivity index (χ0) is 25.6. The summed E-state index contributed by atoms with van der Waals surface area (Å²) < 4.78 is 18.5. The number of hydrogen-bond donors (Lipinski definition) is 0. The van der Waals surface area contributed by atoms with Crippen molar-refractivity contribution in [3.63, 3.8) is 0 Å². The Morgan fingerprint density at radius 3 is 2.34 bits per heavy atom. The van der Waals surface area contributed by atoms with Crippen LogP contribution in [0.1, 0.15) is 27.0 Å². The molecule has 0 saturated carbocycles. The molecule has 0 bridgehead atoms. The summed E-state index contributed by atoms with van der Waals surface area (Å²) in [5.41, 5.74) is 2.88. The first kappa shape index (κ1) is 27.3. The van der Waals surface area contributed by atoms with Crippen molar-refractivity contribution in [2.45, 2.75) is 13.5 Å². The summed E-state index contributed by atoms with van der Waals surface area (Å²) in [6, 6.07) is 19.9. The number of carbonyl (C=O) groups is 1. The predicted octanol–water partition coefficient (Wildman–Crippen LogP) is 3.95. The molecule has 0 atom stereocenters. The summed E-state index contributed by atoms with van der Waals surface area (Å²) in [7, 11) is 0. The third-order valence-electron chi connectivity index (χ3n) is 6.40. The first-order chi connectivity index (χ1) is 18.1. The lowest BCUT2D eigenvalue weighted by atomic mass is 10.0. The van der Waals surface area contributed by atoms with Gasteiger partial charge in [-0.2, -0.15) is 4.98 Å². The lowest BCUT2D eigenvalue weighted by Crippen LogP contribution is -2.38. The van der Waals surface area contributed by atoms with Crippen LogP contribution < -0.4 is 15.0 Å². The molecule has 5 rings (SSSR count). The monoisotopic (exact) mass is 535 g/mol. The van der Waals surface area contributed by atoms with Crippen LogP contribution in [0.5, 0.6) is 11.6 Å². The van der Waals surface area contributed by atoms with Crippen LogP contribution in [-0.2, 0) is 11.3 Å². The number of fused-ring (bicyclic) bond motifs is 1. The Hall–Kier alpha value is -3.72. The van der Waals surface area contributed by atoms with Crippen molar-refractivity contribution >= 4 is 23.8 Å². The van der Waals surface area contributed by atoms with Crippen molar-refractivity contribution in [3.05, 3.63) is 106 Å². The van der Waals surface area contributed by atoms with Gasteiger partial charge in [0.2, 0.25) is 5.88 Å². The minimum Gasteiger partial charge on any atom is -0.492 e. The molecule has 0 aliphatic carbocycles. The molecule has 0 amide bonds. The predicted molar refractivity (Wildman–Crippen MR) is 147 cm³/mol. The number of ketones is 1. The molecular weight excluding hydrogens is 506 g/mol. The molecule has 2 aromatic heterocycles. The van der Waals surface area contributed by atoms with Crippen molar-refractivity contribution in [2.24, 2.45) is 0 Å². The Bertz CT molecular complexity index is 1430. The molecule has 9 heteroatoms. The first-order valence-electron chi connectivity index (χ1n) is 12.4. The molecule has 4 aromatic rings. The van der Waals surface area contributed by atoms with Crippen LogP contribution in [0.4, 0.5) is 0 Å². The van der Waals surface area contributed by atoms with Crippen molar-refractivity contribution < 1.29 is 19.0 Å². The van der Waals surface area contributed by atoms with E-state index >= 15 is 0 Å². The number of aromatic nitrogens is 2. The van der Waals surface area contributed by atoms with E-state index in [4.69, 9.17) is 14.2 Å². The van der Waals surface area contributed by atoms with E-state index in [2.05, 4.69) is 9.88 Å². The fourth-order valence-electron chi connectivity index (χ4n) is 4.19. The molecule has 8 nitrogen and oxygen atoms in total. The van der Waals surface area contributed by atoms with Gasteiger partial charge >= 0.3 is 0 Å². The molecule has 3 heterocycles. The fraction of sp³-hybridized carbons (Fsp3) is 0.276. The largest absolute Gasteiger partial charge is 0.492 e. The topological polar surface area (TPSA) is 82.4 Å². The van der Waals surface area contributed by atoms with Gasteiger partial charge in [-0.15, -0.1) is 12.4 Å². The standard InChI is InChI=1S/C29H29N3O5.ClH/c1-21-28(30-26-4-2-3-13-32(26)29(21)34)37-20-22-5-7-23(8-6-22)27(33)24-9-11-25(12-10-24)36-19-16-31-14-17-35-18-15-31;/h2-13H,14-20H2,1H3;1H. The number of carbonyl (C=O) groups excluding carboxylic acids is 1. The summed E-state index contributed by atoms with van der Waals surface area (Å²) in [6.07, 6.45) is 1.68. The van der Waals surface area contributed by atoms with Crippen LogP contribution in [0, 0.1) is 6.92 Å². The molecular formula is C29H30ClN3O5. The van der Waals surface area contributed by atoms with E-state index < -0.39 is 0 Å². The van der Waals surface area contributed by atoms with Gasteiger partial charge in [-0.25, -0.2) is 0 Å². The lowest BCUT2D eigenvalue weighted by molar-refractivity contribution is 0.0322. The van der Waals surface area contributed by atoms with Crippen molar-refractivity contribution in [2.75, 3.05) is 39.5 Å². The molecule has 2 aromatic carbocycles. The summed E-state index contributed by atoms with van der Waals surface area (Å²) >= 11 is 0. The maximum atomic E-state index is 12.9. The van der Waals surface area contributed by atoms with Gasteiger partial charge in [0.15, 0.2) is 5.78 Å². The highest BCUT2D eigenvalue weighted by Gasteiger charge is 2.13. The fourth-order valence-corrected chi connectivity index (χ4v) is 4.19. The highest BCUT2D eigenvalue weighted by atomic mass is 35.5. The molecule has 0 unspecified atom stereocenters. The van der Waals surface area contributed by atoms with Gasteiger partial charge in [0.05, 0.1) is 18.8 Å². The summed E-state index contributed by atoms with van der Waals surface area (Å²) in [6.45, 7) is 6.80. The molecule has 0 N–H and O–H groups in total. The van der Waals surface area contributed by atoms with Gasteiger partial charge in [-0.1, -0.05) is 30.3 Å². The van der Waals surface area contributed by atoms with Gasteiger partial charge < -0.3 is 14.2 Å². The third-order valence-corrected chi connectivity index (χ3v) is 6.40. The SMILES string of the molecule is Cc1c(OCc2ccc(C(=O)c3ccc(OCCN4CCOCC4)cc3)cc2)nc2ccccn2c1=O.Cl. The molecule has 38 heavy (non-hydrogen) atoms. The van der Waals surface area contributed by atoms with Crippen LogP contribution in [0.15, 0.2) is 77.7 Å². The number of pyridine rings is 1. The average Bonchev–Trinajstić information content (AvgIpc) is 2.95. The summed E-state index contributed by atoms with van der Waals surface area (Å²) in [5, 5.41) is 0. The molecule has 0 radical (unpaired) electrons. The minimum atomic E-state index is -0.157.